The van der Waals surface area contributed by atoms with E-state index < -0.39 is 0 Å². The van der Waals surface area contributed by atoms with Gasteiger partial charge in [-0.3, -0.25) is 0 Å². The number of aromatic nitrogens is 2. The molecule has 0 atom stereocenters. The first-order valence-corrected chi connectivity index (χ1v) is 5.75. The molecule has 0 aromatic carbocycles. The number of hydrogen-bond donors (Lipinski definition) is 0. The second kappa shape index (κ2) is 4.37. The van der Waals surface area contributed by atoms with E-state index in [2.05, 4.69) is 4.98 Å². The van der Waals surface area contributed by atoms with Crippen LogP contribution in [0.15, 0.2) is 12.3 Å². The molecule has 2 aromatic rings. The molecule has 0 aliphatic carbocycles. The lowest BCUT2D eigenvalue weighted by molar-refractivity contribution is 0.0528. The van der Waals surface area contributed by atoms with E-state index in [9.17, 15) is 4.79 Å². The zero-order valence-electron chi connectivity index (χ0n) is 9.95. The van der Waals surface area contributed by atoms with E-state index in [1.165, 1.54) is 0 Å². The third-order valence-corrected chi connectivity index (χ3v) is 3.14. The lowest BCUT2D eigenvalue weighted by atomic mass is 10.2. The van der Waals surface area contributed by atoms with E-state index in [0.29, 0.717) is 23.0 Å². The molecule has 5 heteroatoms. The monoisotopic (exact) mass is 252 g/mol. The van der Waals surface area contributed by atoms with Crippen LogP contribution >= 0.6 is 11.6 Å². The minimum atomic E-state index is -0.373. The number of ether oxygens (including phenoxy) is 1. The zero-order valence-corrected chi connectivity index (χ0v) is 10.7. The van der Waals surface area contributed by atoms with Crippen molar-refractivity contribution in [3.63, 3.8) is 0 Å². The summed E-state index contributed by atoms with van der Waals surface area (Å²) in [6.45, 7) is 5.94. The molecule has 0 N–H and O–H groups in total. The van der Waals surface area contributed by atoms with Crippen LogP contribution in [-0.2, 0) is 4.74 Å². The van der Waals surface area contributed by atoms with Gasteiger partial charge in [-0.15, -0.1) is 0 Å². The molecule has 4 nitrogen and oxygen atoms in total. The maximum absolute atomic E-state index is 11.7. The predicted octanol–water partition coefficient (Wildman–Crippen LogP) is 2.78. The lowest BCUT2D eigenvalue weighted by Gasteiger charge is -2.07. The molecule has 2 heterocycles. The zero-order chi connectivity index (χ0) is 12.6. The van der Waals surface area contributed by atoms with Gasteiger partial charge in [-0.05, 0) is 26.8 Å². The van der Waals surface area contributed by atoms with Gasteiger partial charge in [0.1, 0.15) is 10.7 Å². The number of rotatable bonds is 2. The summed E-state index contributed by atoms with van der Waals surface area (Å²) in [5.41, 5.74) is 2.86. The maximum Gasteiger partial charge on any atom is 0.341 e. The molecule has 0 bridgehead atoms. The average molecular weight is 253 g/mol. The van der Waals surface area contributed by atoms with Crippen LogP contribution in [0.3, 0.4) is 0 Å². The largest absolute Gasteiger partial charge is 0.462 e. The van der Waals surface area contributed by atoms with Crippen molar-refractivity contribution < 1.29 is 9.53 Å². The van der Waals surface area contributed by atoms with Gasteiger partial charge in [0, 0.05) is 17.5 Å². The summed E-state index contributed by atoms with van der Waals surface area (Å²) in [5.74, 6) is -0.373. The topological polar surface area (TPSA) is 43.6 Å². The van der Waals surface area contributed by atoms with Crippen molar-refractivity contribution in [2.24, 2.45) is 0 Å². The van der Waals surface area contributed by atoms with Crippen LogP contribution < -0.4 is 0 Å². The van der Waals surface area contributed by atoms with Crippen molar-refractivity contribution in [2.75, 3.05) is 6.61 Å². The number of carbonyl (C=O) groups excluding carboxylic acids is 1. The Kier molecular flexibility index (Phi) is 3.07. The Bertz CT molecular complexity index is 590. The van der Waals surface area contributed by atoms with Crippen molar-refractivity contribution in [1.29, 1.82) is 0 Å². The molecule has 0 unspecified atom stereocenters. The van der Waals surface area contributed by atoms with Gasteiger partial charge >= 0.3 is 5.97 Å². The van der Waals surface area contributed by atoms with Crippen LogP contribution in [0.4, 0.5) is 0 Å². The fourth-order valence-electron chi connectivity index (χ4n) is 1.68. The SMILES string of the molecule is CCOC(=O)c1ccn2c(C)c(C)c(Cl)nc12. The van der Waals surface area contributed by atoms with Crippen molar-refractivity contribution in [1.82, 2.24) is 9.38 Å². The Hall–Kier alpha value is -1.55. The molecule has 17 heavy (non-hydrogen) atoms. The number of aryl methyl sites for hydroxylation is 1. The fraction of sp³-hybridized carbons (Fsp3) is 0.333. The summed E-state index contributed by atoms with van der Waals surface area (Å²) in [7, 11) is 0. The molecule has 2 rings (SSSR count). The molecule has 0 fully saturated rings. The van der Waals surface area contributed by atoms with Gasteiger partial charge in [-0.1, -0.05) is 11.6 Å². The second-order valence-electron chi connectivity index (χ2n) is 3.76. The molecule has 0 spiro atoms. The molecule has 0 saturated carbocycles. The standard InChI is InChI=1S/C12H13ClN2O2/c1-4-17-12(16)9-5-6-15-8(3)7(2)10(13)14-11(9)15/h5-6H,4H2,1-3H3. The van der Waals surface area contributed by atoms with Crippen LogP contribution in [0.2, 0.25) is 5.15 Å². The highest BCUT2D eigenvalue weighted by molar-refractivity contribution is 6.30. The molecule has 0 amide bonds. The van der Waals surface area contributed by atoms with E-state index in [1.54, 1.807) is 19.2 Å². The Morgan fingerprint density at radius 3 is 2.88 bits per heavy atom. The quantitative estimate of drug-likeness (QED) is 0.610. The lowest BCUT2D eigenvalue weighted by Crippen LogP contribution is -2.06. The molecular formula is C12H13ClN2O2. The van der Waals surface area contributed by atoms with E-state index >= 15 is 0 Å². The van der Waals surface area contributed by atoms with Gasteiger partial charge < -0.3 is 9.14 Å². The normalized spacial score (nSPS) is 10.8. The highest BCUT2D eigenvalue weighted by Crippen LogP contribution is 2.21. The molecule has 2 aromatic heterocycles. The van der Waals surface area contributed by atoms with Crippen LogP contribution in [-0.4, -0.2) is 22.0 Å². The number of fused-ring (bicyclic) bond motifs is 1. The number of carbonyl (C=O) groups is 1. The first kappa shape index (κ1) is 11.9. The van der Waals surface area contributed by atoms with Gasteiger partial charge in [0.2, 0.25) is 0 Å². The third kappa shape index (κ3) is 1.89. The predicted molar refractivity (Wildman–Crippen MR) is 65.6 cm³/mol. The number of hydrogen-bond acceptors (Lipinski definition) is 3. The van der Waals surface area contributed by atoms with Gasteiger partial charge in [-0.25, -0.2) is 9.78 Å². The van der Waals surface area contributed by atoms with Crippen molar-refractivity contribution in [2.45, 2.75) is 20.8 Å². The minimum absolute atomic E-state index is 0.342. The number of halogens is 1. The Morgan fingerprint density at radius 2 is 2.24 bits per heavy atom. The smallest absolute Gasteiger partial charge is 0.341 e. The van der Waals surface area contributed by atoms with Crippen LogP contribution in [0.5, 0.6) is 0 Å². The van der Waals surface area contributed by atoms with Crippen molar-refractivity contribution >= 4 is 23.2 Å². The van der Waals surface area contributed by atoms with Gasteiger partial charge in [-0.2, -0.15) is 0 Å². The first-order chi connectivity index (χ1) is 8.06. The first-order valence-electron chi connectivity index (χ1n) is 5.37. The number of nitrogens with zero attached hydrogens (tertiary/aromatic N) is 2. The maximum atomic E-state index is 11.7. The van der Waals surface area contributed by atoms with Crippen LogP contribution in [0.25, 0.3) is 5.65 Å². The Morgan fingerprint density at radius 1 is 1.53 bits per heavy atom. The summed E-state index contributed by atoms with van der Waals surface area (Å²) in [6, 6.07) is 1.70. The summed E-state index contributed by atoms with van der Waals surface area (Å²) in [5, 5.41) is 0.416. The molecule has 90 valence electrons. The van der Waals surface area contributed by atoms with Gasteiger partial charge in [0.25, 0.3) is 0 Å². The highest BCUT2D eigenvalue weighted by Gasteiger charge is 2.16. The second-order valence-corrected chi connectivity index (χ2v) is 4.11. The van der Waals surface area contributed by atoms with E-state index in [1.807, 2.05) is 18.2 Å². The van der Waals surface area contributed by atoms with E-state index in [4.69, 9.17) is 16.3 Å². The highest BCUT2D eigenvalue weighted by atomic mass is 35.5. The molecule has 0 saturated heterocycles. The summed E-state index contributed by atoms with van der Waals surface area (Å²) >= 11 is 6.03. The van der Waals surface area contributed by atoms with Gasteiger partial charge in [0.15, 0.2) is 5.65 Å². The van der Waals surface area contributed by atoms with Crippen molar-refractivity contribution in [3.05, 3.63) is 34.2 Å². The van der Waals surface area contributed by atoms with Crippen molar-refractivity contribution in [3.8, 4) is 0 Å². The third-order valence-electron chi connectivity index (χ3n) is 2.77. The van der Waals surface area contributed by atoms with Crippen LogP contribution in [0.1, 0.15) is 28.5 Å². The average Bonchev–Trinajstić information content (AvgIpc) is 2.70. The number of esters is 1. The van der Waals surface area contributed by atoms with E-state index in [-0.39, 0.29) is 5.97 Å². The Labute approximate surface area is 104 Å². The van der Waals surface area contributed by atoms with Crippen LogP contribution in [0, 0.1) is 13.8 Å². The molecule has 0 aliphatic heterocycles. The molecular weight excluding hydrogens is 240 g/mol. The van der Waals surface area contributed by atoms with E-state index in [0.717, 1.165) is 11.3 Å². The Balaban J connectivity index is 2.65. The fourth-order valence-corrected chi connectivity index (χ4v) is 1.90. The summed E-state index contributed by atoms with van der Waals surface area (Å²) in [6.07, 6.45) is 1.80. The van der Waals surface area contributed by atoms with Gasteiger partial charge in [0.05, 0.1) is 6.61 Å². The minimum Gasteiger partial charge on any atom is -0.462 e. The molecule has 0 radical (unpaired) electrons. The summed E-state index contributed by atoms with van der Waals surface area (Å²) < 4.78 is 6.81. The summed E-state index contributed by atoms with van der Waals surface area (Å²) in [4.78, 5) is 15.9. The molecule has 0 aliphatic rings.